The number of rotatable bonds is 1. The monoisotopic (exact) mass is 264 g/mol. The van der Waals surface area contributed by atoms with E-state index in [1.165, 1.54) is 23.1 Å². The molecule has 104 valence electrons. The smallest absolute Gasteiger partial charge is 0.00317 e. The summed E-state index contributed by atoms with van der Waals surface area (Å²) in [5.41, 5.74) is 4.95. The van der Waals surface area contributed by atoms with Crippen molar-refractivity contribution in [2.45, 2.75) is 50.9 Å². The molecule has 0 saturated carbocycles. The Bertz CT molecular complexity index is 605. The van der Waals surface area contributed by atoms with E-state index < -0.39 is 0 Å². The third kappa shape index (κ3) is 1.98. The fourth-order valence-corrected chi connectivity index (χ4v) is 3.92. The highest BCUT2D eigenvalue weighted by molar-refractivity contribution is 5.45. The predicted octanol–water partition coefficient (Wildman–Crippen LogP) is 5.43. The van der Waals surface area contributed by atoms with Crippen molar-refractivity contribution in [2.75, 3.05) is 0 Å². The first-order valence-electron chi connectivity index (χ1n) is 7.58. The summed E-state index contributed by atoms with van der Waals surface area (Å²) >= 11 is 0. The van der Waals surface area contributed by atoms with Gasteiger partial charge >= 0.3 is 0 Å². The summed E-state index contributed by atoms with van der Waals surface area (Å²) in [6.07, 6.45) is 1.21. The van der Waals surface area contributed by atoms with Crippen molar-refractivity contribution in [1.82, 2.24) is 0 Å². The van der Waals surface area contributed by atoms with Crippen molar-refractivity contribution in [3.63, 3.8) is 0 Å². The molecule has 0 saturated heterocycles. The van der Waals surface area contributed by atoms with Crippen molar-refractivity contribution in [3.05, 3.63) is 71.3 Å². The maximum atomic E-state index is 2.40. The molecule has 0 spiro atoms. The van der Waals surface area contributed by atoms with Crippen LogP contribution < -0.4 is 0 Å². The first-order valence-corrected chi connectivity index (χ1v) is 7.58. The Labute approximate surface area is 122 Å². The fraction of sp³-hybridized carbons (Fsp3) is 0.400. The molecule has 0 fully saturated rings. The normalized spacial score (nSPS) is 23.1. The van der Waals surface area contributed by atoms with Crippen molar-refractivity contribution in [1.29, 1.82) is 0 Å². The number of hydrogen-bond acceptors (Lipinski definition) is 0. The highest BCUT2D eigenvalue weighted by atomic mass is 14.5. The molecule has 3 rings (SSSR count). The average Bonchev–Trinajstić information content (AvgIpc) is 2.45. The van der Waals surface area contributed by atoms with Crippen LogP contribution in [-0.2, 0) is 10.8 Å². The molecule has 0 nitrogen and oxygen atoms in total. The highest BCUT2D eigenvalue weighted by Gasteiger charge is 2.44. The van der Waals surface area contributed by atoms with Crippen LogP contribution in [0.5, 0.6) is 0 Å². The molecule has 1 unspecified atom stereocenters. The van der Waals surface area contributed by atoms with Crippen molar-refractivity contribution < 1.29 is 0 Å². The van der Waals surface area contributed by atoms with Gasteiger partial charge in [0.2, 0.25) is 0 Å². The molecule has 0 aliphatic heterocycles. The number of hydrogen-bond donors (Lipinski definition) is 0. The summed E-state index contributed by atoms with van der Waals surface area (Å²) in [4.78, 5) is 0. The van der Waals surface area contributed by atoms with Crippen LogP contribution in [-0.4, -0.2) is 0 Å². The van der Waals surface area contributed by atoms with Crippen molar-refractivity contribution >= 4 is 0 Å². The van der Waals surface area contributed by atoms with Crippen LogP contribution in [0.25, 0.3) is 0 Å². The van der Waals surface area contributed by atoms with Crippen LogP contribution >= 0.6 is 0 Å². The van der Waals surface area contributed by atoms with E-state index in [2.05, 4.69) is 82.3 Å². The Kier molecular flexibility index (Phi) is 3.01. The standard InChI is InChI=1S/C20H24/c1-19(2)14-18(15-10-6-5-7-11-15)20(3,4)17-13-9-8-12-16(17)19/h5-13,18H,14H2,1-4H3. The van der Waals surface area contributed by atoms with Gasteiger partial charge in [0.15, 0.2) is 0 Å². The summed E-state index contributed by atoms with van der Waals surface area (Å²) in [7, 11) is 0. The van der Waals surface area contributed by atoms with Gasteiger partial charge in [0.1, 0.15) is 0 Å². The summed E-state index contributed by atoms with van der Waals surface area (Å²) in [5.74, 6) is 0.577. The fourth-order valence-electron chi connectivity index (χ4n) is 3.92. The van der Waals surface area contributed by atoms with Crippen LogP contribution in [0.1, 0.15) is 56.7 Å². The van der Waals surface area contributed by atoms with E-state index in [1.807, 2.05) is 0 Å². The zero-order valence-electron chi connectivity index (χ0n) is 13.0. The van der Waals surface area contributed by atoms with E-state index in [1.54, 1.807) is 0 Å². The highest BCUT2D eigenvalue weighted by Crippen LogP contribution is 2.53. The van der Waals surface area contributed by atoms with E-state index in [0.717, 1.165) is 0 Å². The van der Waals surface area contributed by atoms with Gasteiger partial charge in [-0.1, -0.05) is 82.3 Å². The lowest BCUT2D eigenvalue weighted by Crippen LogP contribution is -2.40. The SMILES string of the molecule is CC1(C)CC(c2ccccc2)C(C)(C)c2ccccc21. The Morgan fingerprint density at radius 3 is 1.95 bits per heavy atom. The lowest BCUT2D eigenvalue weighted by atomic mass is 9.56. The van der Waals surface area contributed by atoms with Gasteiger partial charge in [-0.2, -0.15) is 0 Å². The van der Waals surface area contributed by atoms with Crippen LogP contribution in [0.4, 0.5) is 0 Å². The molecule has 1 aliphatic carbocycles. The summed E-state index contributed by atoms with van der Waals surface area (Å²) < 4.78 is 0. The van der Waals surface area contributed by atoms with Gasteiger partial charge in [0.05, 0.1) is 0 Å². The Hall–Kier alpha value is -1.56. The molecule has 20 heavy (non-hydrogen) atoms. The minimum absolute atomic E-state index is 0.188. The van der Waals surface area contributed by atoms with E-state index >= 15 is 0 Å². The Balaban J connectivity index is 2.17. The molecule has 0 radical (unpaired) electrons. The van der Waals surface area contributed by atoms with Crippen LogP contribution in [0.15, 0.2) is 54.6 Å². The summed E-state index contributed by atoms with van der Waals surface area (Å²) in [5, 5.41) is 0. The van der Waals surface area contributed by atoms with Crippen LogP contribution in [0, 0.1) is 0 Å². The van der Waals surface area contributed by atoms with Gasteiger partial charge in [0, 0.05) is 0 Å². The molecule has 0 heterocycles. The molecule has 2 aromatic rings. The molecule has 0 heteroatoms. The third-order valence-corrected chi connectivity index (χ3v) is 5.14. The quantitative estimate of drug-likeness (QED) is 0.644. The Morgan fingerprint density at radius 2 is 1.30 bits per heavy atom. The van der Waals surface area contributed by atoms with Gasteiger partial charge in [-0.25, -0.2) is 0 Å². The minimum atomic E-state index is 0.188. The Morgan fingerprint density at radius 1 is 0.750 bits per heavy atom. The first-order chi connectivity index (χ1) is 9.43. The zero-order chi connectivity index (χ0) is 14.4. The second kappa shape index (κ2) is 4.48. The molecule has 1 atom stereocenters. The largest absolute Gasteiger partial charge is 0.0622 e. The summed E-state index contributed by atoms with van der Waals surface area (Å²) in [6.45, 7) is 9.57. The van der Waals surface area contributed by atoms with Gasteiger partial charge in [-0.15, -0.1) is 0 Å². The maximum Gasteiger partial charge on any atom is -0.00317 e. The van der Waals surface area contributed by atoms with Gasteiger partial charge in [-0.3, -0.25) is 0 Å². The van der Waals surface area contributed by atoms with Crippen LogP contribution in [0.3, 0.4) is 0 Å². The predicted molar refractivity (Wildman–Crippen MR) is 86.3 cm³/mol. The minimum Gasteiger partial charge on any atom is -0.0622 e. The second-order valence-electron chi connectivity index (χ2n) is 7.32. The van der Waals surface area contributed by atoms with Crippen molar-refractivity contribution in [2.24, 2.45) is 0 Å². The number of fused-ring (bicyclic) bond motifs is 1. The molecule has 0 amide bonds. The van der Waals surface area contributed by atoms with Crippen molar-refractivity contribution in [3.8, 4) is 0 Å². The van der Waals surface area contributed by atoms with Gasteiger partial charge < -0.3 is 0 Å². The van der Waals surface area contributed by atoms with Crippen LogP contribution in [0.2, 0.25) is 0 Å². The van der Waals surface area contributed by atoms with Gasteiger partial charge in [0.25, 0.3) is 0 Å². The second-order valence-corrected chi connectivity index (χ2v) is 7.32. The molecule has 0 aromatic heterocycles. The number of benzene rings is 2. The first kappa shape index (κ1) is 13.4. The van der Waals surface area contributed by atoms with E-state index in [0.29, 0.717) is 5.92 Å². The maximum absolute atomic E-state index is 2.40. The molecular formula is C20H24. The van der Waals surface area contributed by atoms with E-state index in [9.17, 15) is 0 Å². The lowest BCUT2D eigenvalue weighted by molar-refractivity contribution is 0.283. The van der Waals surface area contributed by atoms with Gasteiger partial charge in [-0.05, 0) is 39.9 Å². The summed E-state index contributed by atoms with van der Waals surface area (Å²) in [6, 6.07) is 20.0. The molecule has 1 aliphatic rings. The average molecular weight is 264 g/mol. The zero-order valence-corrected chi connectivity index (χ0v) is 13.0. The molecule has 0 N–H and O–H groups in total. The van der Waals surface area contributed by atoms with E-state index in [-0.39, 0.29) is 10.8 Å². The topological polar surface area (TPSA) is 0 Å². The molecule has 0 bridgehead atoms. The van der Waals surface area contributed by atoms with E-state index in [4.69, 9.17) is 0 Å². The third-order valence-electron chi connectivity index (χ3n) is 5.14. The lowest BCUT2D eigenvalue weighted by Gasteiger charge is -2.48. The molecular weight excluding hydrogens is 240 g/mol. The molecule has 2 aromatic carbocycles.